The molecule has 0 unspecified atom stereocenters. The maximum atomic E-state index is 13.3. The number of ether oxygens (including phenoxy) is 1. The van der Waals surface area contributed by atoms with E-state index in [1.165, 1.54) is 6.07 Å². The predicted octanol–water partition coefficient (Wildman–Crippen LogP) is 2.55. The first kappa shape index (κ1) is 17.5. The van der Waals surface area contributed by atoms with Gasteiger partial charge in [0.05, 0.1) is 13.2 Å². The molecule has 1 aliphatic rings. The van der Waals surface area contributed by atoms with Gasteiger partial charge in [0.2, 0.25) is 5.95 Å². The molecule has 0 atom stereocenters. The number of hydrogen-bond donors (Lipinski definition) is 2. The summed E-state index contributed by atoms with van der Waals surface area (Å²) >= 11 is 0. The maximum Gasteiger partial charge on any atom is 0.224 e. The molecule has 0 spiro atoms. The molecule has 25 heavy (non-hydrogen) atoms. The molecule has 1 saturated heterocycles. The Morgan fingerprint density at radius 2 is 1.92 bits per heavy atom. The number of anilines is 3. The number of hydrogen-bond acceptors (Lipinski definition) is 6. The number of morpholine rings is 1. The zero-order chi connectivity index (χ0) is 17.6. The van der Waals surface area contributed by atoms with Gasteiger partial charge in [-0.15, -0.1) is 0 Å². The number of nitrogens with one attached hydrogen (secondary N) is 2. The van der Waals surface area contributed by atoms with E-state index in [1.54, 1.807) is 6.07 Å². The molecule has 2 heterocycles. The normalized spacial score (nSPS) is 15.2. The summed E-state index contributed by atoms with van der Waals surface area (Å²) in [5.74, 6) is -0.764. The van der Waals surface area contributed by atoms with Gasteiger partial charge >= 0.3 is 0 Å². The number of nitrogens with zero attached hydrogens (tertiary/aromatic N) is 3. The van der Waals surface area contributed by atoms with Gasteiger partial charge in [0, 0.05) is 49.7 Å². The molecular weight excluding hydrogens is 328 g/mol. The second kappa shape index (κ2) is 8.17. The van der Waals surface area contributed by atoms with Gasteiger partial charge in [-0.25, -0.2) is 13.8 Å². The minimum absolute atomic E-state index is 0.427. The van der Waals surface area contributed by atoms with Gasteiger partial charge in [0.15, 0.2) is 11.6 Å². The molecule has 134 valence electrons. The van der Waals surface area contributed by atoms with E-state index in [4.69, 9.17) is 4.74 Å². The van der Waals surface area contributed by atoms with E-state index < -0.39 is 11.6 Å². The summed E-state index contributed by atoms with van der Waals surface area (Å²) in [5.41, 5.74) is 1.20. The summed E-state index contributed by atoms with van der Waals surface area (Å²) in [4.78, 5) is 11.0. The standard InChI is InChI=1S/C17H21F2N5O/c1-12-10-16(22-13-2-3-14(18)15(19)11-13)23-17(21-12)20-4-5-24-6-8-25-9-7-24/h2-3,10-11H,4-9H2,1H3,(H2,20,21,22,23). The predicted molar refractivity (Wildman–Crippen MR) is 92.2 cm³/mol. The highest BCUT2D eigenvalue weighted by Gasteiger charge is 2.10. The molecule has 0 saturated carbocycles. The van der Waals surface area contributed by atoms with Crippen molar-refractivity contribution < 1.29 is 13.5 Å². The van der Waals surface area contributed by atoms with Crippen LogP contribution in [-0.4, -0.2) is 54.3 Å². The van der Waals surface area contributed by atoms with Gasteiger partial charge in [-0.3, -0.25) is 4.90 Å². The SMILES string of the molecule is Cc1cc(Nc2ccc(F)c(F)c2)nc(NCCN2CCOCC2)n1. The topological polar surface area (TPSA) is 62.3 Å². The lowest BCUT2D eigenvalue weighted by atomic mass is 10.3. The molecule has 6 nitrogen and oxygen atoms in total. The first-order chi connectivity index (χ1) is 12.1. The smallest absolute Gasteiger partial charge is 0.224 e. The summed E-state index contributed by atoms with van der Waals surface area (Å²) in [6.07, 6.45) is 0. The Labute approximate surface area is 145 Å². The summed E-state index contributed by atoms with van der Waals surface area (Å²) in [7, 11) is 0. The van der Waals surface area contributed by atoms with Crippen molar-refractivity contribution in [1.29, 1.82) is 0 Å². The van der Waals surface area contributed by atoms with Gasteiger partial charge in [-0.2, -0.15) is 4.98 Å². The lowest BCUT2D eigenvalue weighted by Gasteiger charge is -2.26. The van der Waals surface area contributed by atoms with Crippen LogP contribution in [0.2, 0.25) is 0 Å². The zero-order valence-corrected chi connectivity index (χ0v) is 14.1. The van der Waals surface area contributed by atoms with Crippen LogP contribution >= 0.6 is 0 Å². The van der Waals surface area contributed by atoms with Crippen molar-refractivity contribution in [2.45, 2.75) is 6.92 Å². The summed E-state index contributed by atoms with van der Waals surface area (Å²) in [6, 6.07) is 5.38. The van der Waals surface area contributed by atoms with E-state index in [9.17, 15) is 8.78 Å². The monoisotopic (exact) mass is 349 g/mol. The number of aromatic nitrogens is 2. The molecule has 8 heteroatoms. The minimum Gasteiger partial charge on any atom is -0.379 e. The second-order valence-electron chi connectivity index (χ2n) is 5.85. The molecule has 0 radical (unpaired) electrons. The van der Waals surface area contributed by atoms with Crippen LogP contribution in [0.25, 0.3) is 0 Å². The minimum atomic E-state index is -0.903. The average Bonchev–Trinajstić information content (AvgIpc) is 2.59. The number of rotatable bonds is 6. The van der Waals surface area contributed by atoms with Gasteiger partial charge in [0.1, 0.15) is 5.82 Å². The fourth-order valence-electron chi connectivity index (χ4n) is 2.58. The largest absolute Gasteiger partial charge is 0.379 e. The van der Waals surface area contributed by atoms with E-state index in [-0.39, 0.29) is 0 Å². The summed E-state index contributed by atoms with van der Waals surface area (Å²) in [5, 5.41) is 6.17. The van der Waals surface area contributed by atoms with E-state index >= 15 is 0 Å². The Morgan fingerprint density at radius 1 is 1.12 bits per heavy atom. The quantitative estimate of drug-likeness (QED) is 0.836. The third-order valence-electron chi connectivity index (χ3n) is 3.86. The molecule has 1 aromatic carbocycles. The average molecular weight is 349 g/mol. The third-order valence-corrected chi connectivity index (χ3v) is 3.86. The number of halogens is 2. The molecule has 0 bridgehead atoms. The van der Waals surface area contributed by atoms with Gasteiger partial charge in [-0.1, -0.05) is 0 Å². The first-order valence-electron chi connectivity index (χ1n) is 8.22. The molecular formula is C17H21F2N5O. The molecule has 0 aliphatic carbocycles. The summed E-state index contributed by atoms with van der Waals surface area (Å²) < 4.78 is 31.6. The van der Waals surface area contributed by atoms with Crippen molar-refractivity contribution in [3.05, 3.63) is 41.6 Å². The molecule has 0 amide bonds. The number of aryl methyl sites for hydroxylation is 1. The zero-order valence-electron chi connectivity index (χ0n) is 14.1. The Hall–Kier alpha value is -2.32. The molecule has 3 rings (SSSR count). The van der Waals surface area contributed by atoms with Crippen molar-refractivity contribution in [2.24, 2.45) is 0 Å². The van der Waals surface area contributed by atoms with Crippen LogP contribution < -0.4 is 10.6 Å². The van der Waals surface area contributed by atoms with E-state index in [0.29, 0.717) is 24.0 Å². The van der Waals surface area contributed by atoms with Crippen molar-refractivity contribution in [3.8, 4) is 0 Å². The van der Waals surface area contributed by atoms with Gasteiger partial charge in [0.25, 0.3) is 0 Å². The number of benzene rings is 1. The van der Waals surface area contributed by atoms with Crippen molar-refractivity contribution in [1.82, 2.24) is 14.9 Å². The Bertz CT molecular complexity index is 722. The van der Waals surface area contributed by atoms with Crippen LogP contribution in [-0.2, 0) is 4.74 Å². The van der Waals surface area contributed by atoms with Crippen LogP contribution in [0.5, 0.6) is 0 Å². The highest BCUT2D eigenvalue weighted by atomic mass is 19.2. The van der Waals surface area contributed by atoms with Crippen LogP contribution in [0.1, 0.15) is 5.69 Å². The van der Waals surface area contributed by atoms with Crippen molar-refractivity contribution in [3.63, 3.8) is 0 Å². The van der Waals surface area contributed by atoms with Gasteiger partial charge < -0.3 is 15.4 Å². The molecule has 1 fully saturated rings. The lowest BCUT2D eigenvalue weighted by molar-refractivity contribution is 0.0398. The van der Waals surface area contributed by atoms with E-state index in [2.05, 4.69) is 25.5 Å². The highest BCUT2D eigenvalue weighted by Crippen LogP contribution is 2.19. The third kappa shape index (κ3) is 5.07. The van der Waals surface area contributed by atoms with Crippen molar-refractivity contribution >= 4 is 17.5 Å². The fraction of sp³-hybridized carbons (Fsp3) is 0.412. The fourth-order valence-corrected chi connectivity index (χ4v) is 2.58. The van der Waals surface area contributed by atoms with E-state index in [0.717, 1.165) is 50.7 Å². The van der Waals surface area contributed by atoms with Crippen LogP contribution in [0.3, 0.4) is 0 Å². The maximum absolute atomic E-state index is 13.3. The second-order valence-corrected chi connectivity index (χ2v) is 5.85. The Morgan fingerprint density at radius 3 is 2.68 bits per heavy atom. The Balaban J connectivity index is 1.60. The van der Waals surface area contributed by atoms with E-state index in [1.807, 2.05) is 6.92 Å². The van der Waals surface area contributed by atoms with Crippen LogP contribution in [0.4, 0.5) is 26.2 Å². The molecule has 1 aliphatic heterocycles. The molecule has 2 N–H and O–H groups in total. The van der Waals surface area contributed by atoms with Gasteiger partial charge in [-0.05, 0) is 19.1 Å². The summed E-state index contributed by atoms with van der Waals surface area (Å²) in [6.45, 7) is 6.84. The molecule has 2 aromatic rings. The lowest BCUT2D eigenvalue weighted by Crippen LogP contribution is -2.39. The van der Waals surface area contributed by atoms with Crippen LogP contribution in [0.15, 0.2) is 24.3 Å². The Kier molecular flexibility index (Phi) is 5.72. The highest BCUT2D eigenvalue weighted by molar-refractivity contribution is 5.57. The first-order valence-corrected chi connectivity index (χ1v) is 8.22. The molecule has 1 aromatic heterocycles. The van der Waals surface area contributed by atoms with Crippen LogP contribution in [0, 0.1) is 18.6 Å². The van der Waals surface area contributed by atoms with Crippen molar-refractivity contribution in [2.75, 3.05) is 50.0 Å².